The zero-order chi connectivity index (χ0) is 12.4. The van der Waals surface area contributed by atoms with Crippen molar-refractivity contribution in [2.45, 2.75) is 13.0 Å². The number of hydrogen-bond donors (Lipinski definition) is 1. The van der Waals surface area contributed by atoms with Gasteiger partial charge >= 0.3 is 0 Å². The lowest BCUT2D eigenvalue weighted by molar-refractivity contribution is 0.637. The molecule has 90 valence electrons. The first-order chi connectivity index (χ1) is 8.13. The SMILES string of the molecule is CNC(C)c1csc(-c2c(Cl)cccc2Cl)n1. The highest BCUT2D eigenvalue weighted by Crippen LogP contribution is 2.36. The maximum absolute atomic E-state index is 6.15. The van der Waals surface area contributed by atoms with Crippen LogP contribution in [0.4, 0.5) is 0 Å². The molecule has 1 heterocycles. The van der Waals surface area contributed by atoms with Gasteiger partial charge in [-0.15, -0.1) is 11.3 Å². The Labute approximate surface area is 115 Å². The Morgan fingerprint density at radius 2 is 1.94 bits per heavy atom. The van der Waals surface area contributed by atoms with E-state index >= 15 is 0 Å². The minimum atomic E-state index is 0.223. The van der Waals surface area contributed by atoms with E-state index in [0.29, 0.717) is 10.0 Å². The molecule has 2 aromatic rings. The maximum atomic E-state index is 6.15. The van der Waals surface area contributed by atoms with Gasteiger partial charge in [-0.3, -0.25) is 0 Å². The van der Waals surface area contributed by atoms with Gasteiger partial charge in [-0.2, -0.15) is 0 Å². The maximum Gasteiger partial charge on any atom is 0.126 e. The first-order valence-electron chi connectivity index (χ1n) is 5.20. The summed E-state index contributed by atoms with van der Waals surface area (Å²) in [6.07, 6.45) is 0. The van der Waals surface area contributed by atoms with Gasteiger partial charge in [0.15, 0.2) is 0 Å². The third-order valence-electron chi connectivity index (χ3n) is 2.58. The monoisotopic (exact) mass is 286 g/mol. The number of benzene rings is 1. The second-order valence-electron chi connectivity index (χ2n) is 3.68. The molecule has 1 aromatic carbocycles. The Bertz CT molecular complexity index is 505. The number of thiazole rings is 1. The van der Waals surface area contributed by atoms with E-state index in [9.17, 15) is 0 Å². The lowest BCUT2D eigenvalue weighted by Crippen LogP contribution is -2.12. The number of halogens is 2. The average Bonchev–Trinajstić information content (AvgIpc) is 2.77. The molecule has 0 bridgehead atoms. The number of rotatable bonds is 3. The van der Waals surface area contributed by atoms with Gasteiger partial charge in [0.05, 0.1) is 15.7 Å². The highest BCUT2D eigenvalue weighted by molar-refractivity contribution is 7.13. The average molecular weight is 287 g/mol. The molecule has 1 unspecified atom stereocenters. The van der Waals surface area contributed by atoms with Crippen molar-refractivity contribution in [1.82, 2.24) is 10.3 Å². The van der Waals surface area contributed by atoms with Gasteiger partial charge in [-0.25, -0.2) is 4.98 Å². The van der Waals surface area contributed by atoms with Crippen LogP contribution < -0.4 is 5.32 Å². The van der Waals surface area contributed by atoms with E-state index < -0.39 is 0 Å². The molecule has 0 radical (unpaired) electrons. The van der Waals surface area contributed by atoms with E-state index in [2.05, 4.69) is 17.2 Å². The Morgan fingerprint density at radius 1 is 1.29 bits per heavy atom. The summed E-state index contributed by atoms with van der Waals surface area (Å²) in [6, 6.07) is 5.71. The van der Waals surface area contributed by atoms with E-state index in [4.69, 9.17) is 23.2 Å². The Hall–Kier alpha value is -0.610. The van der Waals surface area contributed by atoms with Crippen LogP contribution >= 0.6 is 34.5 Å². The van der Waals surface area contributed by atoms with Crippen molar-refractivity contribution in [3.63, 3.8) is 0 Å². The zero-order valence-corrected chi connectivity index (χ0v) is 11.8. The van der Waals surface area contributed by atoms with Crippen LogP contribution in [0.15, 0.2) is 23.6 Å². The fourth-order valence-electron chi connectivity index (χ4n) is 1.45. The van der Waals surface area contributed by atoms with Crippen LogP contribution in [0.3, 0.4) is 0 Å². The first kappa shape index (κ1) is 12.8. The summed E-state index contributed by atoms with van der Waals surface area (Å²) in [7, 11) is 1.91. The van der Waals surface area contributed by atoms with Gasteiger partial charge in [-0.1, -0.05) is 29.3 Å². The number of aromatic nitrogens is 1. The van der Waals surface area contributed by atoms with E-state index in [1.807, 2.05) is 30.6 Å². The van der Waals surface area contributed by atoms with Crippen molar-refractivity contribution in [2.75, 3.05) is 7.05 Å². The normalized spacial score (nSPS) is 12.7. The van der Waals surface area contributed by atoms with Gasteiger partial charge in [0, 0.05) is 17.0 Å². The van der Waals surface area contributed by atoms with Crippen molar-refractivity contribution < 1.29 is 0 Å². The molecular weight excluding hydrogens is 275 g/mol. The van der Waals surface area contributed by atoms with Gasteiger partial charge in [-0.05, 0) is 26.1 Å². The molecule has 0 aliphatic rings. The van der Waals surface area contributed by atoms with Gasteiger partial charge in [0.2, 0.25) is 0 Å². The summed E-state index contributed by atoms with van der Waals surface area (Å²) >= 11 is 13.9. The molecule has 1 aromatic heterocycles. The van der Waals surface area contributed by atoms with E-state index in [1.165, 1.54) is 0 Å². The molecule has 1 atom stereocenters. The molecule has 0 fully saturated rings. The van der Waals surface area contributed by atoms with Crippen LogP contribution in [0.5, 0.6) is 0 Å². The summed E-state index contributed by atoms with van der Waals surface area (Å²) < 4.78 is 0. The number of hydrogen-bond acceptors (Lipinski definition) is 3. The van der Waals surface area contributed by atoms with E-state index in [-0.39, 0.29) is 6.04 Å². The first-order valence-corrected chi connectivity index (χ1v) is 6.84. The third-order valence-corrected chi connectivity index (χ3v) is 4.08. The van der Waals surface area contributed by atoms with E-state index in [0.717, 1.165) is 16.3 Å². The molecule has 0 aliphatic heterocycles. The fourth-order valence-corrected chi connectivity index (χ4v) is 3.12. The molecular formula is C12H12Cl2N2S. The molecule has 2 rings (SSSR count). The number of nitrogens with one attached hydrogen (secondary N) is 1. The summed E-state index contributed by atoms with van der Waals surface area (Å²) in [5.41, 5.74) is 1.82. The second kappa shape index (κ2) is 5.36. The molecule has 0 saturated carbocycles. The van der Waals surface area contributed by atoms with Crippen LogP contribution in [-0.4, -0.2) is 12.0 Å². The molecule has 1 N–H and O–H groups in total. The lowest BCUT2D eigenvalue weighted by Gasteiger charge is -2.06. The highest BCUT2D eigenvalue weighted by Gasteiger charge is 2.14. The van der Waals surface area contributed by atoms with Crippen molar-refractivity contribution in [3.05, 3.63) is 39.3 Å². The lowest BCUT2D eigenvalue weighted by atomic mass is 10.2. The zero-order valence-electron chi connectivity index (χ0n) is 9.50. The molecule has 0 spiro atoms. The van der Waals surface area contributed by atoms with Crippen LogP contribution in [0.1, 0.15) is 18.7 Å². The minimum absolute atomic E-state index is 0.223. The van der Waals surface area contributed by atoms with Crippen LogP contribution in [-0.2, 0) is 0 Å². The summed E-state index contributed by atoms with van der Waals surface area (Å²) in [5, 5.41) is 7.31. The topological polar surface area (TPSA) is 24.9 Å². The van der Waals surface area contributed by atoms with Gasteiger partial charge < -0.3 is 5.32 Å². The predicted octanol–water partition coefficient (Wildman–Crippen LogP) is 4.40. The molecule has 5 heteroatoms. The Morgan fingerprint density at radius 3 is 2.53 bits per heavy atom. The molecule has 0 aliphatic carbocycles. The summed E-state index contributed by atoms with van der Waals surface area (Å²) in [4.78, 5) is 4.56. The smallest absolute Gasteiger partial charge is 0.126 e. The minimum Gasteiger partial charge on any atom is -0.312 e. The van der Waals surface area contributed by atoms with Gasteiger partial charge in [0.1, 0.15) is 5.01 Å². The standard InChI is InChI=1S/C12H12Cl2N2S/c1-7(15-2)10-6-17-12(16-10)11-8(13)4-3-5-9(11)14/h3-7,15H,1-2H3. The quantitative estimate of drug-likeness (QED) is 0.905. The highest BCUT2D eigenvalue weighted by atomic mass is 35.5. The predicted molar refractivity (Wildman–Crippen MR) is 75.0 cm³/mol. The largest absolute Gasteiger partial charge is 0.312 e. The van der Waals surface area contributed by atoms with E-state index in [1.54, 1.807) is 11.3 Å². The van der Waals surface area contributed by atoms with Crippen molar-refractivity contribution >= 4 is 34.5 Å². The second-order valence-corrected chi connectivity index (χ2v) is 5.36. The Balaban J connectivity index is 2.44. The molecule has 0 amide bonds. The molecule has 0 saturated heterocycles. The van der Waals surface area contributed by atoms with Crippen LogP contribution in [0.25, 0.3) is 10.6 Å². The summed E-state index contributed by atoms with van der Waals surface area (Å²) in [6.45, 7) is 2.06. The van der Waals surface area contributed by atoms with Crippen molar-refractivity contribution in [2.24, 2.45) is 0 Å². The molecule has 17 heavy (non-hydrogen) atoms. The van der Waals surface area contributed by atoms with Gasteiger partial charge in [0.25, 0.3) is 0 Å². The summed E-state index contributed by atoms with van der Waals surface area (Å²) in [5.74, 6) is 0. The fraction of sp³-hybridized carbons (Fsp3) is 0.250. The van der Waals surface area contributed by atoms with Crippen LogP contribution in [0, 0.1) is 0 Å². The number of nitrogens with zero attached hydrogens (tertiary/aromatic N) is 1. The Kier molecular flexibility index (Phi) is 4.05. The van der Waals surface area contributed by atoms with Crippen LogP contribution in [0.2, 0.25) is 10.0 Å². The molecule has 2 nitrogen and oxygen atoms in total. The van der Waals surface area contributed by atoms with Crippen molar-refractivity contribution in [3.8, 4) is 10.6 Å². The van der Waals surface area contributed by atoms with Crippen molar-refractivity contribution in [1.29, 1.82) is 0 Å². The third kappa shape index (κ3) is 2.63.